The SMILES string of the molecule is COc1ccc(-c2noc(CCC(=O)Nc3ccc(C)c(C)c3)n2)cc1OC. The van der Waals surface area contributed by atoms with Gasteiger partial charge in [0, 0.05) is 24.1 Å². The molecule has 7 heteroatoms. The van der Waals surface area contributed by atoms with Gasteiger partial charge in [0.2, 0.25) is 17.6 Å². The third-order valence-corrected chi connectivity index (χ3v) is 4.47. The van der Waals surface area contributed by atoms with Crippen LogP contribution in [-0.4, -0.2) is 30.3 Å². The molecule has 0 unspecified atom stereocenters. The van der Waals surface area contributed by atoms with Gasteiger partial charge in [0.05, 0.1) is 14.2 Å². The van der Waals surface area contributed by atoms with Gasteiger partial charge < -0.3 is 19.3 Å². The number of aromatic nitrogens is 2. The second-order valence-corrected chi connectivity index (χ2v) is 6.43. The number of nitrogens with one attached hydrogen (secondary N) is 1. The number of hydrogen-bond donors (Lipinski definition) is 1. The molecular formula is C21H23N3O4. The van der Waals surface area contributed by atoms with Crippen molar-refractivity contribution in [2.24, 2.45) is 0 Å². The molecule has 7 nitrogen and oxygen atoms in total. The van der Waals surface area contributed by atoms with E-state index >= 15 is 0 Å². The van der Waals surface area contributed by atoms with Gasteiger partial charge in [-0.3, -0.25) is 4.79 Å². The van der Waals surface area contributed by atoms with Crippen molar-refractivity contribution in [2.75, 3.05) is 19.5 Å². The lowest BCUT2D eigenvalue weighted by Crippen LogP contribution is -2.12. The fourth-order valence-electron chi connectivity index (χ4n) is 2.71. The minimum absolute atomic E-state index is 0.103. The Hall–Kier alpha value is -3.35. The Kier molecular flexibility index (Phi) is 5.93. The van der Waals surface area contributed by atoms with Crippen molar-refractivity contribution < 1.29 is 18.8 Å². The summed E-state index contributed by atoms with van der Waals surface area (Å²) in [7, 11) is 3.14. The smallest absolute Gasteiger partial charge is 0.227 e. The monoisotopic (exact) mass is 381 g/mol. The van der Waals surface area contributed by atoms with Gasteiger partial charge >= 0.3 is 0 Å². The zero-order chi connectivity index (χ0) is 20.1. The highest BCUT2D eigenvalue weighted by Crippen LogP contribution is 2.31. The van der Waals surface area contributed by atoms with E-state index < -0.39 is 0 Å². The first-order valence-corrected chi connectivity index (χ1v) is 8.92. The van der Waals surface area contributed by atoms with Gasteiger partial charge in [0.15, 0.2) is 11.5 Å². The van der Waals surface area contributed by atoms with Crippen LogP contribution in [-0.2, 0) is 11.2 Å². The molecule has 146 valence electrons. The van der Waals surface area contributed by atoms with Crippen LogP contribution in [0.1, 0.15) is 23.4 Å². The number of rotatable bonds is 7. The fraction of sp³-hybridized carbons (Fsp3) is 0.286. The average Bonchev–Trinajstić information content (AvgIpc) is 3.17. The van der Waals surface area contributed by atoms with E-state index in [0.29, 0.717) is 29.6 Å². The maximum Gasteiger partial charge on any atom is 0.227 e. The van der Waals surface area contributed by atoms with Gasteiger partial charge in [-0.2, -0.15) is 4.98 Å². The molecule has 1 N–H and O–H groups in total. The molecule has 0 saturated carbocycles. The minimum atomic E-state index is -0.103. The lowest BCUT2D eigenvalue weighted by Gasteiger charge is -2.07. The van der Waals surface area contributed by atoms with Gasteiger partial charge in [-0.05, 0) is 55.3 Å². The van der Waals surface area contributed by atoms with E-state index in [1.54, 1.807) is 26.4 Å². The van der Waals surface area contributed by atoms with E-state index in [1.807, 2.05) is 38.1 Å². The van der Waals surface area contributed by atoms with Crippen molar-refractivity contribution in [3.63, 3.8) is 0 Å². The molecule has 0 aliphatic carbocycles. The standard InChI is InChI=1S/C21H23N3O4/c1-13-5-7-16(11-14(13)2)22-19(25)9-10-20-23-21(24-28-20)15-6-8-17(26-3)18(12-15)27-4/h5-8,11-12H,9-10H2,1-4H3,(H,22,25). The van der Waals surface area contributed by atoms with E-state index in [2.05, 4.69) is 15.5 Å². The number of carbonyl (C=O) groups is 1. The van der Waals surface area contributed by atoms with Gasteiger partial charge in [-0.25, -0.2) is 0 Å². The lowest BCUT2D eigenvalue weighted by atomic mass is 10.1. The summed E-state index contributed by atoms with van der Waals surface area (Å²) in [4.78, 5) is 16.5. The Morgan fingerprint density at radius 2 is 1.82 bits per heavy atom. The molecule has 0 radical (unpaired) electrons. The summed E-state index contributed by atoms with van der Waals surface area (Å²) < 4.78 is 15.8. The predicted octanol–water partition coefficient (Wildman–Crippen LogP) is 3.94. The van der Waals surface area contributed by atoms with Crippen molar-refractivity contribution in [1.82, 2.24) is 10.1 Å². The van der Waals surface area contributed by atoms with E-state index in [9.17, 15) is 4.79 Å². The molecule has 3 rings (SSSR count). The van der Waals surface area contributed by atoms with Crippen LogP contribution < -0.4 is 14.8 Å². The summed E-state index contributed by atoms with van der Waals surface area (Å²) in [5, 5.41) is 6.87. The molecule has 1 amide bonds. The summed E-state index contributed by atoms with van der Waals surface area (Å²) in [6.45, 7) is 4.05. The van der Waals surface area contributed by atoms with E-state index in [-0.39, 0.29) is 12.3 Å². The maximum absolute atomic E-state index is 12.2. The van der Waals surface area contributed by atoms with E-state index in [4.69, 9.17) is 14.0 Å². The average molecular weight is 381 g/mol. The third-order valence-electron chi connectivity index (χ3n) is 4.47. The molecule has 0 aliphatic heterocycles. The fourth-order valence-corrected chi connectivity index (χ4v) is 2.71. The number of hydrogen-bond acceptors (Lipinski definition) is 6. The lowest BCUT2D eigenvalue weighted by molar-refractivity contribution is -0.116. The largest absolute Gasteiger partial charge is 0.493 e. The molecule has 0 fully saturated rings. The molecule has 0 bridgehead atoms. The van der Waals surface area contributed by atoms with Crippen LogP contribution in [0, 0.1) is 13.8 Å². The summed E-state index contributed by atoms with van der Waals surface area (Å²) in [5.41, 5.74) is 3.85. The van der Waals surface area contributed by atoms with Crippen molar-refractivity contribution in [3.05, 3.63) is 53.4 Å². The minimum Gasteiger partial charge on any atom is -0.493 e. The van der Waals surface area contributed by atoms with E-state index in [0.717, 1.165) is 16.8 Å². The highest BCUT2D eigenvalue weighted by molar-refractivity contribution is 5.90. The van der Waals surface area contributed by atoms with Crippen LogP contribution in [0.5, 0.6) is 11.5 Å². The number of aryl methyl sites for hydroxylation is 3. The number of ether oxygens (including phenoxy) is 2. The van der Waals surface area contributed by atoms with Crippen LogP contribution in [0.3, 0.4) is 0 Å². The Balaban J connectivity index is 1.61. The van der Waals surface area contributed by atoms with E-state index in [1.165, 1.54) is 5.56 Å². The first kappa shape index (κ1) is 19.4. The third kappa shape index (κ3) is 4.49. The number of methoxy groups -OCH3 is 2. The van der Waals surface area contributed by atoms with Gasteiger partial charge in [-0.15, -0.1) is 0 Å². The quantitative estimate of drug-likeness (QED) is 0.667. The van der Waals surface area contributed by atoms with Crippen LogP contribution >= 0.6 is 0 Å². The van der Waals surface area contributed by atoms with Crippen molar-refractivity contribution in [1.29, 1.82) is 0 Å². The molecule has 0 saturated heterocycles. The van der Waals surface area contributed by atoms with Crippen LogP contribution in [0.4, 0.5) is 5.69 Å². The van der Waals surface area contributed by atoms with Crippen molar-refractivity contribution >= 4 is 11.6 Å². The van der Waals surface area contributed by atoms with Crippen molar-refractivity contribution in [3.8, 4) is 22.9 Å². The summed E-state index contributed by atoms with van der Waals surface area (Å²) in [6.07, 6.45) is 0.609. The summed E-state index contributed by atoms with van der Waals surface area (Å²) >= 11 is 0. The molecule has 2 aromatic carbocycles. The van der Waals surface area contributed by atoms with Gasteiger partial charge in [0.1, 0.15) is 0 Å². The molecule has 28 heavy (non-hydrogen) atoms. The number of amides is 1. The van der Waals surface area contributed by atoms with Gasteiger partial charge in [-0.1, -0.05) is 11.2 Å². The Bertz CT molecular complexity index is 982. The Labute approximate surface area is 163 Å². The molecule has 1 heterocycles. The predicted molar refractivity (Wildman–Crippen MR) is 106 cm³/mol. The Morgan fingerprint density at radius 3 is 2.54 bits per heavy atom. The normalized spacial score (nSPS) is 10.6. The second-order valence-electron chi connectivity index (χ2n) is 6.43. The number of nitrogens with zero attached hydrogens (tertiary/aromatic N) is 2. The second kappa shape index (κ2) is 8.56. The molecular weight excluding hydrogens is 358 g/mol. The number of benzene rings is 2. The summed E-state index contributed by atoms with van der Waals surface area (Å²) in [6, 6.07) is 11.2. The molecule has 0 aliphatic rings. The van der Waals surface area contributed by atoms with Crippen molar-refractivity contribution in [2.45, 2.75) is 26.7 Å². The first-order valence-electron chi connectivity index (χ1n) is 8.92. The zero-order valence-corrected chi connectivity index (χ0v) is 16.4. The molecule has 1 aromatic heterocycles. The van der Waals surface area contributed by atoms with Gasteiger partial charge in [0.25, 0.3) is 0 Å². The van der Waals surface area contributed by atoms with Crippen LogP contribution in [0.15, 0.2) is 40.9 Å². The highest BCUT2D eigenvalue weighted by atomic mass is 16.5. The van der Waals surface area contributed by atoms with Crippen LogP contribution in [0.25, 0.3) is 11.4 Å². The van der Waals surface area contributed by atoms with Crippen LogP contribution in [0.2, 0.25) is 0 Å². The summed E-state index contributed by atoms with van der Waals surface area (Å²) in [5.74, 6) is 1.94. The highest BCUT2D eigenvalue weighted by Gasteiger charge is 2.13. The molecule has 0 atom stereocenters. The maximum atomic E-state index is 12.2. The topological polar surface area (TPSA) is 86.5 Å². The molecule has 0 spiro atoms. The first-order chi connectivity index (χ1) is 13.5. The molecule has 3 aromatic rings. The number of anilines is 1. The zero-order valence-electron chi connectivity index (χ0n) is 16.4. The number of carbonyl (C=O) groups excluding carboxylic acids is 1. The Morgan fingerprint density at radius 1 is 1.04 bits per heavy atom.